The molecule has 18 heavy (non-hydrogen) atoms. The molecule has 0 fully saturated rings. The van der Waals surface area contributed by atoms with Gasteiger partial charge < -0.3 is 5.73 Å². The van der Waals surface area contributed by atoms with Crippen LogP contribution in [0.3, 0.4) is 0 Å². The van der Waals surface area contributed by atoms with Crippen molar-refractivity contribution in [2.75, 3.05) is 5.73 Å². The van der Waals surface area contributed by atoms with Crippen LogP contribution in [0.25, 0.3) is 0 Å². The summed E-state index contributed by atoms with van der Waals surface area (Å²) in [6.45, 7) is 0. The fraction of sp³-hybridized carbons (Fsp3) is 0. The molecule has 1 heterocycles. The van der Waals surface area contributed by atoms with Gasteiger partial charge in [0.05, 0.1) is 6.21 Å². The van der Waals surface area contributed by atoms with Gasteiger partial charge in [-0.15, -0.1) is 0 Å². The number of nitrogens with two attached hydrogens (primary N) is 1. The summed E-state index contributed by atoms with van der Waals surface area (Å²) in [5.74, 6) is -0.666. The number of amides is 1. The zero-order valence-corrected chi connectivity index (χ0v) is 10.6. The van der Waals surface area contributed by atoms with Gasteiger partial charge in [0.25, 0.3) is 5.91 Å². The lowest BCUT2D eigenvalue weighted by atomic mass is 10.2. The van der Waals surface area contributed by atoms with Crippen LogP contribution in [0.4, 0.5) is 5.82 Å². The second-order valence-electron chi connectivity index (χ2n) is 3.22. The fourth-order valence-electron chi connectivity index (χ4n) is 1.15. The predicted octanol–water partition coefficient (Wildman–Crippen LogP) is 1.18. The van der Waals surface area contributed by atoms with E-state index in [9.17, 15) is 4.79 Å². The first-order valence-corrected chi connectivity index (χ1v) is 5.63. The molecule has 0 radical (unpaired) electrons. The maximum Gasteiger partial charge on any atom is 0.297 e. The van der Waals surface area contributed by atoms with Crippen LogP contribution in [0.1, 0.15) is 16.1 Å². The number of rotatable bonds is 3. The molecule has 0 saturated heterocycles. The number of aromatic nitrogens is 2. The highest BCUT2D eigenvalue weighted by Crippen LogP contribution is 2.13. The molecule has 0 bridgehead atoms. The molecule has 0 unspecified atom stereocenters. The Hall–Kier alpha value is -2.22. The van der Waals surface area contributed by atoms with E-state index in [0.717, 1.165) is 10.0 Å². The van der Waals surface area contributed by atoms with Gasteiger partial charge in [-0.1, -0.05) is 34.1 Å². The van der Waals surface area contributed by atoms with Crippen molar-refractivity contribution in [2.24, 2.45) is 5.10 Å². The lowest BCUT2D eigenvalue weighted by Crippen LogP contribution is -2.19. The van der Waals surface area contributed by atoms with Crippen molar-refractivity contribution in [1.82, 2.24) is 15.7 Å². The van der Waals surface area contributed by atoms with E-state index in [2.05, 4.69) is 41.4 Å². The summed E-state index contributed by atoms with van der Waals surface area (Å²) >= 11 is 3.35. The largest absolute Gasteiger partial charge is 0.379 e. The molecule has 8 heteroatoms. The predicted molar refractivity (Wildman–Crippen MR) is 67.9 cm³/mol. The Balaban J connectivity index is 2.03. The lowest BCUT2D eigenvalue weighted by Gasteiger charge is -1.97. The zero-order chi connectivity index (χ0) is 13.0. The molecule has 1 amide bonds. The molecule has 92 valence electrons. The first-order chi connectivity index (χ1) is 8.68. The quantitative estimate of drug-likeness (QED) is 0.654. The van der Waals surface area contributed by atoms with Crippen molar-refractivity contribution >= 4 is 33.9 Å². The van der Waals surface area contributed by atoms with Gasteiger partial charge in [0, 0.05) is 10.0 Å². The number of hydrazone groups is 1. The molecule has 1 aromatic carbocycles. The summed E-state index contributed by atoms with van der Waals surface area (Å²) in [6, 6.07) is 7.43. The second-order valence-corrected chi connectivity index (χ2v) is 4.07. The van der Waals surface area contributed by atoms with E-state index in [1.165, 1.54) is 6.21 Å². The van der Waals surface area contributed by atoms with Crippen molar-refractivity contribution in [2.45, 2.75) is 0 Å². The van der Waals surface area contributed by atoms with Crippen molar-refractivity contribution in [3.05, 3.63) is 40.0 Å². The third-order valence-electron chi connectivity index (χ3n) is 2.00. The molecule has 1 aromatic heterocycles. The number of carbonyl (C=O) groups is 1. The van der Waals surface area contributed by atoms with Crippen LogP contribution in [-0.2, 0) is 0 Å². The number of nitrogen functional groups attached to an aromatic ring is 1. The van der Waals surface area contributed by atoms with E-state index in [1.807, 2.05) is 24.3 Å². The highest BCUT2D eigenvalue weighted by Gasteiger charge is 2.14. The SMILES string of the molecule is Nc1nonc1C(=O)NN=Cc1ccccc1Br. The highest BCUT2D eigenvalue weighted by molar-refractivity contribution is 9.10. The van der Waals surface area contributed by atoms with Gasteiger partial charge in [-0.2, -0.15) is 5.10 Å². The van der Waals surface area contributed by atoms with E-state index in [1.54, 1.807) is 0 Å². The van der Waals surface area contributed by atoms with Gasteiger partial charge in [0.2, 0.25) is 11.5 Å². The normalized spacial score (nSPS) is 10.7. The molecule has 0 aliphatic rings. The van der Waals surface area contributed by atoms with Crippen molar-refractivity contribution < 1.29 is 9.42 Å². The fourth-order valence-corrected chi connectivity index (χ4v) is 1.53. The van der Waals surface area contributed by atoms with E-state index in [0.29, 0.717) is 0 Å². The van der Waals surface area contributed by atoms with Gasteiger partial charge >= 0.3 is 0 Å². The first kappa shape index (κ1) is 12.2. The average molecular weight is 310 g/mol. The van der Waals surface area contributed by atoms with E-state index in [-0.39, 0.29) is 11.5 Å². The Kier molecular flexibility index (Phi) is 3.68. The van der Waals surface area contributed by atoms with Crippen LogP contribution >= 0.6 is 15.9 Å². The number of hydrogen-bond acceptors (Lipinski definition) is 6. The first-order valence-electron chi connectivity index (χ1n) is 4.84. The topological polar surface area (TPSA) is 106 Å². The Morgan fingerprint density at radius 3 is 2.89 bits per heavy atom. The molecule has 7 nitrogen and oxygen atoms in total. The van der Waals surface area contributed by atoms with Gasteiger partial charge in [0.15, 0.2) is 0 Å². The number of nitrogens with one attached hydrogen (secondary N) is 1. The third-order valence-corrected chi connectivity index (χ3v) is 2.73. The van der Waals surface area contributed by atoms with E-state index >= 15 is 0 Å². The Morgan fingerprint density at radius 1 is 1.44 bits per heavy atom. The van der Waals surface area contributed by atoms with Gasteiger partial charge in [-0.05, 0) is 16.4 Å². The Bertz CT molecular complexity index is 595. The van der Waals surface area contributed by atoms with Crippen molar-refractivity contribution in [3.63, 3.8) is 0 Å². The molecule has 0 saturated carbocycles. The zero-order valence-electron chi connectivity index (χ0n) is 9.00. The van der Waals surface area contributed by atoms with Gasteiger partial charge in [-0.3, -0.25) is 4.79 Å². The Morgan fingerprint density at radius 2 is 2.22 bits per heavy atom. The summed E-state index contributed by atoms with van der Waals surface area (Å²) in [5.41, 5.74) is 8.35. The van der Waals surface area contributed by atoms with E-state index < -0.39 is 5.91 Å². The molecule has 0 aliphatic carbocycles. The molecule has 0 atom stereocenters. The lowest BCUT2D eigenvalue weighted by molar-refractivity contribution is 0.0946. The Labute approximate surface area is 110 Å². The molecule has 2 rings (SSSR count). The smallest absolute Gasteiger partial charge is 0.297 e. The van der Waals surface area contributed by atoms with Crippen molar-refractivity contribution in [1.29, 1.82) is 0 Å². The van der Waals surface area contributed by atoms with Gasteiger partial charge in [-0.25, -0.2) is 10.1 Å². The highest BCUT2D eigenvalue weighted by atomic mass is 79.9. The summed E-state index contributed by atoms with van der Waals surface area (Å²) in [4.78, 5) is 11.5. The molecule has 3 N–H and O–H groups in total. The molecular formula is C10H8BrN5O2. The monoisotopic (exact) mass is 309 g/mol. The summed E-state index contributed by atoms with van der Waals surface area (Å²) < 4.78 is 5.17. The number of halogens is 1. The molecule has 0 aliphatic heterocycles. The second kappa shape index (κ2) is 5.41. The minimum atomic E-state index is -0.586. The maximum absolute atomic E-state index is 11.5. The number of carbonyl (C=O) groups excluding carboxylic acids is 1. The minimum Gasteiger partial charge on any atom is -0.379 e. The standard InChI is InChI=1S/C10H8BrN5O2/c11-7-4-2-1-3-6(7)5-13-14-10(17)8-9(12)16-18-15-8/h1-5H,(H2,12,16)(H,14,17). The molecule has 2 aromatic rings. The minimum absolute atomic E-state index is 0.0800. The van der Waals surface area contributed by atoms with Crippen molar-refractivity contribution in [3.8, 4) is 0 Å². The molecular weight excluding hydrogens is 302 g/mol. The van der Waals surface area contributed by atoms with Crippen LogP contribution in [-0.4, -0.2) is 22.4 Å². The number of anilines is 1. The average Bonchev–Trinajstić information content (AvgIpc) is 2.78. The van der Waals surface area contributed by atoms with Gasteiger partial charge in [0.1, 0.15) is 0 Å². The summed E-state index contributed by atoms with van der Waals surface area (Å²) in [7, 11) is 0. The van der Waals surface area contributed by atoms with Crippen LogP contribution in [0.15, 0.2) is 38.5 Å². The number of benzene rings is 1. The number of nitrogens with zero attached hydrogens (tertiary/aromatic N) is 3. The third kappa shape index (κ3) is 2.72. The van der Waals surface area contributed by atoms with Crippen LogP contribution in [0.5, 0.6) is 0 Å². The van der Waals surface area contributed by atoms with Crippen LogP contribution < -0.4 is 11.2 Å². The number of hydrogen-bond donors (Lipinski definition) is 2. The summed E-state index contributed by atoms with van der Waals surface area (Å²) in [6.07, 6.45) is 1.49. The van der Waals surface area contributed by atoms with E-state index in [4.69, 9.17) is 5.73 Å². The van der Waals surface area contributed by atoms with Crippen LogP contribution in [0, 0.1) is 0 Å². The summed E-state index contributed by atoms with van der Waals surface area (Å²) in [5, 5.41) is 10.4. The maximum atomic E-state index is 11.5. The molecule has 0 spiro atoms. The van der Waals surface area contributed by atoms with Crippen LogP contribution in [0.2, 0.25) is 0 Å².